The molecule has 0 aromatic carbocycles. The fourth-order valence-electron chi connectivity index (χ4n) is 2.68. The van der Waals surface area contributed by atoms with Gasteiger partial charge >= 0.3 is 0 Å². The zero-order valence-corrected chi connectivity index (χ0v) is 10.4. The summed E-state index contributed by atoms with van der Waals surface area (Å²) in [5, 5.41) is 9.67. The van der Waals surface area contributed by atoms with Gasteiger partial charge in [0, 0.05) is 12.0 Å². The molecule has 1 heterocycles. The van der Waals surface area contributed by atoms with Crippen LogP contribution in [0, 0.1) is 11.3 Å². The Labute approximate surface area is 96.8 Å². The monoisotopic (exact) mass is 230 g/mol. The number of aliphatic hydroxyl groups excluding tert-OH is 1. The molecule has 15 heavy (non-hydrogen) atoms. The van der Waals surface area contributed by atoms with Crippen LogP contribution in [-0.4, -0.2) is 35.9 Å². The average Bonchev–Trinajstić information content (AvgIpc) is 3.01. The molecular formula is C12H22O2S. The van der Waals surface area contributed by atoms with Gasteiger partial charge in [0.25, 0.3) is 0 Å². The third-order valence-corrected chi connectivity index (χ3v) is 4.72. The number of hydrogen-bond donors (Lipinski definition) is 1. The summed E-state index contributed by atoms with van der Waals surface area (Å²) in [6.07, 6.45) is 5.18. The van der Waals surface area contributed by atoms with Gasteiger partial charge in [-0.15, -0.1) is 0 Å². The number of thioether (sulfide) groups is 1. The zero-order valence-electron chi connectivity index (χ0n) is 9.58. The predicted octanol–water partition coefficient (Wildman–Crippen LogP) is 2.31. The van der Waals surface area contributed by atoms with Gasteiger partial charge in [0.05, 0.1) is 12.7 Å². The summed E-state index contributed by atoms with van der Waals surface area (Å²) in [5.41, 5.74) is 0.101. The minimum Gasteiger partial charge on any atom is -0.396 e. The molecule has 1 saturated heterocycles. The van der Waals surface area contributed by atoms with Crippen molar-refractivity contribution in [3.05, 3.63) is 0 Å². The molecule has 1 saturated carbocycles. The molecule has 2 atom stereocenters. The minimum atomic E-state index is 0.101. The van der Waals surface area contributed by atoms with Crippen molar-refractivity contribution < 1.29 is 9.84 Å². The number of aliphatic hydroxyl groups is 1. The van der Waals surface area contributed by atoms with Crippen LogP contribution in [0.4, 0.5) is 0 Å². The Bertz CT molecular complexity index is 206. The summed E-state index contributed by atoms with van der Waals surface area (Å²) in [6, 6.07) is 0. The molecule has 0 aromatic heterocycles. The van der Waals surface area contributed by atoms with E-state index in [9.17, 15) is 5.11 Å². The van der Waals surface area contributed by atoms with Crippen molar-refractivity contribution in [2.45, 2.75) is 38.7 Å². The Hall–Kier alpha value is 0.270. The van der Waals surface area contributed by atoms with Crippen LogP contribution >= 0.6 is 11.8 Å². The molecule has 2 aliphatic rings. The van der Waals surface area contributed by atoms with Gasteiger partial charge < -0.3 is 9.84 Å². The maximum absolute atomic E-state index is 9.67. The average molecular weight is 230 g/mol. The molecule has 2 unspecified atom stereocenters. The normalized spacial score (nSPS) is 36.0. The molecule has 2 fully saturated rings. The fraction of sp³-hybridized carbons (Fsp3) is 1.00. The summed E-state index contributed by atoms with van der Waals surface area (Å²) in [4.78, 5) is 0. The smallest absolute Gasteiger partial charge is 0.0682 e. The van der Waals surface area contributed by atoms with Crippen LogP contribution in [0.15, 0.2) is 0 Å². The van der Waals surface area contributed by atoms with E-state index >= 15 is 0 Å². The number of ether oxygens (including phenoxy) is 1. The first-order valence-electron chi connectivity index (χ1n) is 6.12. The van der Waals surface area contributed by atoms with Crippen LogP contribution in [0.3, 0.4) is 0 Å². The number of hydrogen-bond acceptors (Lipinski definition) is 3. The topological polar surface area (TPSA) is 29.5 Å². The summed E-state index contributed by atoms with van der Waals surface area (Å²) >= 11 is 1.98. The number of rotatable bonds is 6. The SMILES string of the molecule is CCSCCC1(CO)CCOC1C1CC1. The Morgan fingerprint density at radius 2 is 2.27 bits per heavy atom. The highest BCUT2D eigenvalue weighted by Gasteiger charge is 2.50. The van der Waals surface area contributed by atoms with Gasteiger partial charge in [-0.05, 0) is 43.1 Å². The molecule has 88 valence electrons. The maximum atomic E-state index is 9.67. The Morgan fingerprint density at radius 3 is 2.87 bits per heavy atom. The molecule has 0 aromatic rings. The van der Waals surface area contributed by atoms with Crippen molar-refractivity contribution in [2.24, 2.45) is 11.3 Å². The molecule has 0 spiro atoms. The van der Waals surface area contributed by atoms with Crippen LogP contribution in [0.5, 0.6) is 0 Å². The first-order chi connectivity index (χ1) is 7.32. The molecule has 1 N–H and O–H groups in total. The molecule has 0 radical (unpaired) electrons. The van der Waals surface area contributed by atoms with Gasteiger partial charge in [0.1, 0.15) is 0 Å². The first-order valence-corrected chi connectivity index (χ1v) is 7.28. The second-order valence-corrected chi connectivity index (χ2v) is 6.24. The Morgan fingerprint density at radius 1 is 1.47 bits per heavy atom. The van der Waals surface area contributed by atoms with Crippen molar-refractivity contribution in [1.82, 2.24) is 0 Å². The molecule has 0 amide bonds. The van der Waals surface area contributed by atoms with Gasteiger partial charge in [-0.25, -0.2) is 0 Å². The quantitative estimate of drug-likeness (QED) is 0.710. The van der Waals surface area contributed by atoms with E-state index in [1.165, 1.54) is 24.3 Å². The van der Waals surface area contributed by atoms with Crippen LogP contribution in [0.25, 0.3) is 0 Å². The predicted molar refractivity (Wildman–Crippen MR) is 64.2 cm³/mol. The largest absolute Gasteiger partial charge is 0.396 e. The molecule has 1 aliphatic carbocycles. The third-order valence-electron chi connectivity index (χ3n) is 3.81. The van der Waals surface area contributed by atoms with Gasteiger partial charge in [0.2, 0.25) is 0 Å². The van der Waals surface area contributed by atoms with Crippen LogP contribution in [-0.2, 0) is 4.74 Å². The lowest BCUT2D eigenvalue weighted by Gasteiger charge is -2.32. The third kappa shape index (κ3) is 2.51. The van der Waals surface area contributed by atoms with Gasteiger partial charge in [-0.1, -0.05) is 6.92 Å². The molecular weight excluding hydrogens is 208 g/mol. The molecule has 2 rings (SSSR count). The molecule has 2 nitrogen and oxygen atoms in total. The van der Waals surface area contributed by atoms with E-state index in [1.54, 1.807) is 0 Å². The summed E-state index contributed by atoms with van der Waals surface area (Å²) in [7, 11) is 0. The van der Waals surface area contributed by atoms with Crippen molar-refractivity contribution in [3.8, 4) is 0 Å². The fourth-order valence-corrected chi connectivity index (χ4v) is 3.52. The lowest BCUT2D eigenvalue weighted by molar-refractivity contribution is -0.000957. The van der Waals surface area contributed by atoms with E-state index in [-0.39, 0.29) is 5.41 Å². The van der Waals surface area contributed by atoms with Crippen molar-refractivity contribution >= 4 is 11.8 Å². The lowest BCUT2D eigenvalue weighted by Crippen LogP contribution is -2.36. The van der Waals surface area contributed by atoms with Gasteiger partial charge in [-0.2, -0.15) is 11.8 Å². The van der Waals surface area contributed by atoms with Crippen LogP contribution in [0.2, 0.25) is 0 Å². The van der Waals surface area contributed by atoms with Crippen LogP contribution in [0.1, 0.15) is 32.6 Å². The second-order valence-electron chi connectivity index (χ2n) is 4.85. The van der Waals surface area contributed by atoms with Crippen molar-refractivity contribution in [2.75, 3.05) is 24.7 Å². The van der Waals surface area contributed by atoms with E-state index in [0.29, 0.717) is 12.7 Å². The Kier molecular flexibility index (Phi) is 3.97. The molecule has 0 bridgehead atoms. The van der Waals surface area contributed by atoms with E-state index in [2.05, 4.69) is 6.92 Å². The van der Waals surface area contributed by atoms with Crippen molar-refractivity contribution in [1.29, 1.82) is 0 Å². The summed E-state index contributed by atoms with van der Waals surface area (Å²) in [5.74, 6) is 3.10. The second kappa shape index (κ2) is 5.07. The van der Waals surface area contributed by atoms with E-state index in [4.69, 9.17) is 4.74 Å². The summed E-state index contributed by atoms with van der Waals surface area (Å²) < 4.78 is 5.85. The van der Waals surface area contributed by atoms with E-state index in [0.717, 1.165) is 25.4 Å². The van der Waals surface area contributed by atoms with Crippen molar-refractivity contribution in [3.63, 3.8) is 0 Å². The van der Waals surface area contributed by atoms with E-state index < -0.39 is 0 Å². The maximum Gasteiger partial charge on any atom is 0.0682 e. The highest BCUT2D eigenvalue weighted by Crippen LogP contribution is 2.49. The molecule has 1 aliphatic heterocycles. The van der Waals surface area contributed by atoms with E-state index in [1.807, 2.05) is 11.8 Å². The van der Waals surface area contributed by atoms with Crippen LogP contribution < -0.4 is 0 Å². The zero-order chi connectivity index (χ0) is 10.7. The highest BCUT2D eigenvalue weighted by molar-refractivity contribution is 7.99. The minimum absolute atomic E-state index is 0.101. The lowest BCUT2D eigenvalue weighted by atomic mass is 9.77. The molecule has 3 heteroatoms. The Balaban J connectivity index is 1.92. The first kappa shape index (κ1) is 11.7. The highest BCUT2D eigenvalue weighted by atomic mass is 32.2. The standard InChI is InChI=1S/C12H22O2S/c1-2-15-8-6-12(9-13)5-7-14-11(12)10-3-4-10/h10-11,13H,2-9H2,1H3. The van der Waals surface area contributed by atoms with Gasteiger partial charge in [-0.3, -0.25) is 0 Å². The van der Waals surface area contributed by atoms with Gasteiger partial charge in [0.15, 0.2) is 0 Å². The summed E-state index contributed by atoms with van der Waals surface area (Å²) in [6.45, 7) is 3.37.